The van der Waals surface area contributed by atoms with Crippen LogP contribution in [0.3, 0.4) is 0 Å². The molecule has 1 heterocycles. The Balaban J connectivity index is 2.28. The van der Waals surface area contributed by atoms with Gasteiger partial charge in [0.15, 0.2) is 11.5 Å². The topological polar surface area (TPSA) is 98.1 Å². The van der Waals surface area contributed by atoms with Crippen molar-refractivity contribution in [1.82, 2.24) is 4.90 Å². The first-order valence-electron chi connectivity index (χ1n) is 7.37. The third kappa shape index (κ3) is 3.88. The molecule has 0 unspecified atom stereocenters. The molecule has 1 amide bonds. The van der Waals surface area contributed by atoms with E-state index in [1.165, 1.54) is 24.3 Å². The minimum absolute atomic E-state index is 0.206. The van der Waals surface area contributed by atoms with Crippen LogP contribution in [-0.2, 0) is 9.59 Å². The van der Waals surface area contributed by atoms with Crippen LogP contribution in [0, 0.1) is 0 Å². The van der Waals surface area contributed by atoms with E-state index in [0.29, 0.717) is 18.4 Å². The molecule has 8 heteroatoms. The molecule has 1 aliphatic heterocycles. The number of benzene rings is 1. The predicted octanol–water partition coefficient (Wildman–Crippen LogP) is 2.94. The summed E-state index contributed by atoms with van der Waals surface area (Å²) in [7, 11) is 0. The molecule has 0 aromatic heterocycles. The highest BCUT2D eigenvalue weighted by atomic mass is 32.2. The second kappa shape index (κ2) is 7.67. The summed E-state index contributed by atoms with van der Waals surface area (Å²) in [6.07, 6.45) is 3.35. The second-order valence-electron chi connectivity index (χ2n) is 5.30. The van der Waals surface area contributed by atoms with Crippen LogP contribution in [0.2, 0.25) is 0 Å². The van der Waals surface area contributed by atoms with Gasteiger partial charge in [-0.25, -0.2) is 4.79 Å². The first-order chi connectivity index (χ1) is 11.3. The Morgan fingerprint density at radius 3 is 2.67 bits per heavy atom. The van der Waals surface area contributed by atoms with Crippen molar-refractivity contribution in [2.75, 3.05) is 0 Å². The first kappa shape index (κ1) is 18.3. The number of aliphatic carboxylic acids is 1. The average molecular weight is 367 g/mol. The number of carbonyl (C=O) groups excluding carboxylic acids is 1. The van der Waals surface area contributed by atoms with Crippen molar-refractivity contribution >= 4 is 46.3 Å². The predicted molar refractivity (Wildman–Crippen MR) is 95.7 cm³/mol. The summed E-state index contributed by atoms with van der Waals surface area (Å²) in [5, 5.41) is 28.2. The largest absolute Gasteiger partial charge is 0.504 e. The number of aromatic hydroxyl groups is 2. The van der Waals surface area contributed by atoms with Gasteiger partial charge >= 0.3 is 5.97 Å². The fourth-order valence-electron chi connectivity index (χ4n) is 2.29. The number of carbonyl (C=O) groups is 2. The maximum Gasteiger partial charge on any atom is 0.326 e. The maximum atomic E-state index is 12.6. The van der Waals surface area contributed by atoms with Crippen molar-refractivity contribution in [3.05, 3.63) is 28.7 Å². The molecule has 0 spiro atoms. The summed E-state index contributed by atoms with van der Waals surface area (Å²) in [5.74, 6) is -2.10. The van der Waals surface area contributed by atoms with E-state index in [4.69, 9.17) is 12.2 Å². The lowest BCUT2D eigenvalue weighted by atomic mass is 10.1. The number of hydrogen-bond acceptors (Lipinski definition) is 6. The molecule has 0 bridgehead atoms. The number of thioether (sulfide) groups is 1. The van der Waals surface area contributed by atoms with Crippen LogP contribution in [0.5, 0.6) is 11.5 Å². The van der Waals surface area contributed by atoms with Gasteiger partial charge in [0.2, 0.25) is 0 Å². The highest BCUT2D eigenvalue weighted by molar-refractivity contribution is 8.26. The van der Waals surface area contributed by atoms with Crippen molar-refractivity contribution in [2.45, 2.75) is 32.2 Å². The fourth-order valence-corrected chi connectivity index (χ4v) is 3.65. The van der Waals surface area contributed by atoms with Crippen LogP contribution in [-0.4, -0.2) is 42.5 Å². The van der Waals surface area contributed by atoms with E-state index >= 15 is 0 Å². The minimum atomic E-state index is -1.08. The number of unbranched alkanes of at least 4 members (excludes halogenated alkanes) is 1. The maximum absolute atomic E-state index is 12.6. The van der Waals surface area contributed by atoms with E-state index in [0.717, 1.165) is 23.1 Å². The van der Waals surface area contributed by atoms with Gasteiger partial charge in [-0.3, -0.25) is 9.69 Å². The summed E-state index contributed by atoms with van der Waals surface area (Å²) in [6, 6.07) is 3.18. The Hall–Kier alpha value is -2.06. The lowest BCUT2D eigenvalue weighted by Gasteiger charge is -2.22. The lowest BCUT2D eigenvalue weighted by Crippen LogP contribution is -2.43. The summed E-state index contributed by atoms with van der Waals surface area (Å²) in [4.78, 5) is 25.5. The van der Waals surface area contributed by atoms with Gasteiger partial charge in [-0.1, -0.05) is 49.8 Å². The summed E-state index contributed by atoms with van der Waals surface area (Å²) in [5.41, 5.74) is 0.506. The zero-order chi connectivity index (χ0) is 17.9. The van der Waals surface area contributed by atoms with Crippen molar-refractivity contribution < 1.29 is 24.9 Å². The molecule has 0 radical (unpaired) electrons. The third-order valence-electron chi connectivity index (χ3n) is 3.55. The number of thiocarbonyl (C=S) groups is 1. The highest BCUT2D eigenvalue weighted by Crippen LogP contribution is 2.36. The smallest absolute Gasteiger partial charge is 0.326 e. The Morgan fingerprint density at radius 2 is 2.08 bits per heavy atom. The number of phenols is 2. The van der Waals surface area contributed by atoms with Crippen molar-refractivity contribution in [1.29, 1.82) is 0 Å². The van der Waals surface area contributed by atoms with E-state index < -0.39 is 17.9 Å². The van der Waals surface area contributed by atoms with Gasteiger partial charge in [0.05, 0.1) is 4.91 Å². The number of amides is 1. The molecule has 1 aromatic carbocycles. The molecule has 0 saturated carbocycles. The van der Waals surface area contributed by atoms with Crippen LogP contribution in [0.1, 0.15) is 31.7 Å². The van der Waals surface area contributed by atoms with Crippen molar-refractivity contribution in [2.24, 2.45) is 0 Å². The summed E-state index contributed by atoms with van der Waals surface area (Å²) >= 11 is 6.21. The molecule has 24 heavy (non-hydrogen) atoms. The molecule has 6 nitrogen and oxygen atoms in total. The Bertz CT molecular complexity index is 716. The SMILES string of the molecule is CCCC[C@H](C(=O)O)N1C(=O)/C(=C/c2ccc(O)c(O)c2)SC1=S. The molecule has 3 N–H and O–H groups in total. The van der Waals surface area contributed by atoms with Crippen LogP contribution in [0.25, 0.3) is 6.08 Å². The van der Waals surface area contributed by atoms with Gasteiger partial charge in [0.1, 0.15) is 10.4 Å². The van der Waals surface area contributed by atoms with Gasteiger partial charge in [-0.05, 0) is 30.2 Å². The fraction of sp³-hybridized carbons (Fsp3) is 0.312. The standard InChI is InChI=1S/C16H17NO5S2/c1-2-3-4-10(15(21)22)17-14(20)13(24-16(17)23)8-9-5-6-11(18)12(19)7-9/h5-8,10,18-19H,2-4H2,1H3,(H,21,22)/b13-8-/t10-/m1/s1. The minimum Gasteiger partial charge on any atom is -0.504 e. The van der Waals surface area contributed by atoms with Crippen molar-refractivity contribution in [3.63, 3.8) is 0 Å². The Labute approximate surface area is 148 Å². The van der Waals surface area contributed by atoms with Crippen LogP contribution < -0.4 is 0 Å². The number of carboxylic acids is 1. The number of nitrogens with zero attached hydrogens (tertiary/aromatic N) is 1. The Morgan fingerprint density at radius 1 is 1.38 bits per heavy atom. The molecular weight excluding hydrogens is 350 g/mol. The average Bonchev–Trinajstić information content (AvgIpc) is 2.78. The second-order valence-corrected chi connectivity index (χ2v) is 6.97. The molecule has 1 saturated heterocycles. The lowest BCUT2D eigenvalue weighted by molar-refractivity contribution is -0.145. The molecule has 1 aliphatic rings. The van der Waals surface area contributed by atoms with Crippen LogP contribution in [0.4, 0.5) is 0 Å². The molecule has 128 valence electrons. The van der Waals surface area contributed by atoms with Gasteiger partial charge in [-0.2, -0.15) is 0 Å². The molecule has 1 atom stereocenters. The van der Waals surface area contributed by atoms with Gasteiger partial charge < -0.3 is 15.3 Å². The van der Waals surface area contributed by atoms with E-state index in [2.05, 4.69) is 0 Å². The van der Waals surface area contributed by atoms with Gasteiger partial charge in [0.25, 0.3) is 5.91 Å². The molecule has 0 aliphatic carbocycles. The molecule has 1 aromatic rings. The van der Waals surface area contributed by atoms with E-state index in [1.54, 1.807) is 0 Å². The highest BCUT2D eigenvalue weighted by Gasteiger charge is 2.40. The normalized spacial score (nSPS) is 17.5. The van der Waals surface area contributed by atoms with Gasteiger partial charge in [0, 0.05) is 0 Å². The van der Waals surface area contributed by atoms with Crippen LogP contribution >= 0.6 is 24.0 Å². The number of carboxylic acid groups (broad SMARTS) is 1. The Kier molecular flexibility index (Phi) is 5.84. The van der Waals surface area contributed by atoms with Gasteiger partial charge in [-0.15, -0.1) is 0 Å². The van der Waals surface area contributed by atoms with E-state index in [1.807, 2.05) is 6.92 Å². The third-order valence-corrected chi connectivity index (χ3v) is 4.88. The summed E-state index contributed by atoms with van der Waals surface area (Å²) < 4.78 is 0.206. The zero-order valence-corrected chi connectivity index (χ0v) is 14.6. The quantitative estimate of drug-likeness (QED) is 0.404. The monoisotopic (exact) mass is 367 g/mol. The number of hydrogen-bond donors (Lipinski definition) is 3. The first-order valence-corrected chi connectivity index (χ1v) is 8.59. The molecule has 2 rings (SSSR count). The van der Waals surface area contributed by atoms with Crippen molar-refractivity contribution in [3.8, 4) is 11.5 Å². The number of rotatable bonds is 6. The molecular formula is C16H17NO5S2. The molecule has 1 fully saturated rings. The number of phenolic OH excluding ortho intramolecular Hbond substituents is 2. The van der Waals surface area contributed by atoms with E-state index in [9.17, 15) is 24.9 Å². The summed E-state index contributed by atoms with van der Waals surface area (Å²) in [6.45, 7) is 1.94. The van der Waals surface area contributed by atoms with Crippen LogP contribution in [0.15, 0.2) is 23.1 Å². The van der Waals surface area contributed by atoms with E-state index in [-0.39, 0.29) is 20.7 Å². The zero-order valence-electron chi connectivity index (χ0n) is 12.9.